The fourth-order valence-corrected chi connectivity index (χ4v) is 3.89. The van der Waals surface area contributed by atoms with Gasteiger partial charge in [-0.25, -0.2) is 13.8 Å². The molecule has 24 heavy (non-hydrogen) atoms. The number of aryl methyl sites for hydroxylation is 1. The van der Waals surface area contributed by atoms with Crippen molar-refractivity contribution in [1.82, 2.24) is 10.1 Å². The van der Waals surface area contributed by atoms with Gasteiger partial charge in [-0.05, 0) is 50.7 Å². The first-order chi connectivity index (χ1) is 11.3. The summed E-state index contributed by atoms with van der Waals surface area (Å²) in [5.41, 5.74) is 4.45. The Morgan fingerprint density at radius 1 is 1.12 bits per heavy atom. The first-order valence-corrected chi connectivity index (χ1v) is 9.72. The van der Waals surface area contributed by atoms with E-state index in [2.05, 4.69) is 15.2 Å². The molecule has 0 radical (unpaired) electrons. The number of hydrogen-bond donors (Lipinski definition) is 2. The summed E-state index contributed by atoms with van der Waals surface area (Å²) in [7, 11) is -3.76. The average molecular weight is 351 g/mol. The van der Waals surface area contributed by atoms with Crippen LogP contribution in [0.5, 0.6) is 0 Å². The van der Waals surface area contributed by atoms with Crippen LogP contribution in [0.2, 0.25) is 0 Å². The molecule has 1 saturated carbocycles. The standard InChI is InChI=1S/C17H25N3O3S/c1-12(2)16(17(21)19-18-14-6-4-5-7-14)20-24(22,23)15-10-8-13(3)9-11-15/h8-12,16,20H,4-7H2,1-3H3,(H,19,21)/t16-/m0/s1. The number of nitrogens with one attached hydrogen (secondary N) is 2. The Hall–Kier alpha value is -1.73. The fraction of sp³-hybridized carbons (Fsp3) is 0.529. The molecule has 0 aliphatic heterocycles. The summed E-state index contributed by atoms with van der Waals surface area (Å²) >= 11 is 0. The number of benzene rings is 1. The van der Waals surface area contributed by atoms with Crippen molar-refractivity contribution in [3.8, 4) is 0 Å². The van der Waals surface area contributed by atoms with Gasteiger partial charge in [-0.2, -0.15) is 9.82 Å². The van der Waals surface area contributed by atoms with Crippen LogP contribution in [0.1, 0.15) is 45.1 Å². The molecule has 132 valence electrons. The molecule has 0 spiro atoms. The van der Waals surface area contributed by atoms with Gasteiger partial charge in [0, 0.05) is 5.71 Å². The average Bonchev–Trinajstić information content (AvgIpc) is 3.04. The number of hydrogen-bond acceptors (Lipinski definition) is 4. The van der Waals surface area contributed by atoms with E-state index in [1.54, 1.807) is 26.0 Å². The molecule has 0 heterocycles. The van der Waals surface area contributed by atoms with Gasteiger partial charge in [0.25, 0.3) is 5.91 Å². The molecule has 1 fully saturated rings. The second-order valence-electron chi connectivity index (χ2n) is 6.52. The highest BCUT2D eigenvalue weighted by Crippen LogP contribution is 2.15. The summed E-state index contributed by atoms with van der Waals surface area (Å²) < 4.78 is 27.5. The SMILES string of the molecule is Cc1ccc(S(=O)(=O)N[C@H](C(=O)NN=C2CCCC2)C(C)C)cc1. The monoisotopic (exact) mass is 351 g/mol. The molecule has 1 aliphatic carbocycles. The van der Waals surface area contributed by atoms with E-state index in [4.69, 9.17) is 0 Å². The molecule has 0 bridgehead atoms. The Morgan fingerprint density at radius 3 is 2.25 bits per heavy atom. The molecule has 1 aromatic rings. The molecule has 1 atom stereocenters. The van der Waals surface area contributed by atoms with Crippen molar-refractivity contribution in [3.05, 3.63) is 29.8 Å². The van der Waals surface area contributed by atoms with E-state index in [0.29, 0.717) is 0 Å². The maximum absolute atomic E-state index is 12.5. The molecule has 1 amide bonds. The summed E-state index contributed by atoms with van der Waals surface area (Å²) in [5, 5.41) is 4.12. The predicted molar refractivity (Wildman–Crippen MR) is 94.2 cm³/mol. The number of amides is 1. The molecule has 0 unspecified atom stereocenters. The van der Waals surface area contributed by atoms with E-state index >= 15 is 0 Å². The van der Waals surface area contributed by atoms with E-state index < -0.39 is 22.0 Å². The largest absolute Gasteiger partial charge is 0.271 e. The van der Waals surface area contributed by atoms with Gasteiger partial charge < -0.3 is 0 Å². The number of carbonyl (C=O) groups is 1. The van der Waals surface area contributed by atoms with E-state index in [-0.39, 0.29) is 10.8 Å². The molecule has 0 saturated heterocycles. The van der Waals surface area contributed by atoms with Gasteiger partial charge in [0.15, 0.2) is 0 Å². The van der Waals surface area contributed by atoms with Crippen molar-refractivity contribution in [1.29, 1.82) is 0 Å². The van der Waals surface area contributed by atoms with Crippen molar-refractivity contribution >= 4 is 21.6 Å². The Kier molecular flexibility index (Phi) is 6.12. The quantitative estimate of drug-likeness (QED) is 0.771. The van der Waals surface area contributed by atoms with Gasteiger partial charge in [0.2, 0.25) is 10.0 Å². The zero-order valence-corrected chi connectivity index (χ0v) is 15.2. The van der Waals surface area contributed by atoms with Gasteiger partial charge in [0.05, 0.1) is 4.90 Å². The van der Waals surface area contributed by atoms with Gasteiger partial charge in [0.1, 0.15) is 6.04 Å². The summed E-state index contributed by atoms with van der Waals surface area (Å²) in [6.45, 7) is 5.48. The van der Waals surface area contributed by atoms with Crippen molar-refractivity contribution in [2.45, 2.75) is 57.4 Å². The number of carbonyl (C=O) groups excluding carboxylic acids is 1. The molecule has 6 nitrogen and oxygen atoms in total. The normalized spacial score (nSPS) is 16.2. The molecule has 0 aromatic heterocycles. The minimum Gasteiger partial charge on any atom is -0.271 e. The number of hydrazone groups is 1. The summed E-state index contributed by atoms with van der Waals surface area (Å²) in [5.74, 6) is -0.630. The van der Waals surface area contributed by atoms with Crippen LogP contribution in [0.15, 0.2) is 34.3 Å². The smallest absolute Gasteiger partial charge is 0.258 e. The minimum absolute atomic E-state index is 0.147. The van der Waals surface area contributed by atoms with Crippen LogP contribution < -0.4 is 10.1 Å². The topological polar surface area (TPSA) is 87.6 Å². The Balaban J connectivity index is 2.10. The first-order valence-electron chi connectivity index (χ1n) is 8.24. The predicted octanol–water partition coefficient (Wildman–Crippen LogP) is 2.34. The zero-order chi connectivity index (χ0) is 17.7. The van der Waals surface area contributed by atoms with E-state index in [1.165, 1.54) is 12.1 Å². The van der Waals surface area contributed by atoms with E-state index in [0.717, 1.165) is 37.0 Å². The number of sulfonamides is 1. The highest BCUT2D eigenvalue weighted by Gasteiger charge is 2.28. The van der Waals surface area contributed by atoms with Crippen molar-refractivity contribution < 1.29 is 13.2 Å². The summed E-state index contributed by atoms with van der Waals surface area (Å²) in [4.78, 5) is 12.5. The van der Waals surface area contributed by atoms with Crippen molar-refractivity contribution in [2.24, 2.45) is 11.0 Å². The molecular formula is C17H25N3O3S. The van der Waals surface area contributed by atoms with Crippen molar-refractivity contribution in [2.75, 3.05) is 0 Å². The van der Waals surface area contributed by atoms with Gasteiger partial charge in [-0.3, -0.25) is 4.79 Å². The van der Waals surface area contributed by atoms with Crippen LogP contribution in [0.25, 0.3) is 0 Å². The molecule has 1 aliphatic rings. The number of nitrogens with zero attached hydrogens (tertiary/aromatic N) is 1. The Bertz CT molecular complexity index is 701. The van der Waals surface area contributed by atoms with Crippen LogP contribution in [0, 0.1) is 12.8 Å². The molecular weight excluding hydrogens is 326 g/mol. The highest BCUT2D eigenvalue weighted by molar-refractivity contribution is 7.89. The molecule has 2 rings (SSSR count). The third-order valence-electron chi connectivity index (χ3n) is 4.07. The first kappa shape index (κ1) is 18.6. The van der Waals surface area contributed by atoms with Crippen LogP contribution in [0.4, 0.5) is 0 Å². The third kappa shape index (κ3) is 4.88. The van der Waals surface area contributed by atoms with Crippen LogP contribution in [0.3, 0.4) is 0 Å². The fourth-order valence-electron chi connectivity index (χ4n) is 2.54. The maximum atomic E-state index is 12.5. The van der Waals surface area contributed by atoms with Gasteiger partial charge in [-0.15, -0.1) is 0 Å². The van der Waals surface area contributed by atoms with Crippen molar-refractivity contribution in [3.63, 3.8) is 0 Å². The number of rotatable bonds is 6. The lowest BCUT2D eigenvalue weighted by molar-refractivity contribution is -0.123. The zero-order valence-electron chi connectivity index (χ0n) is 14.4. The molecule has 7 heteroatoms. The Morgan fingerprint density at radius 2 is 1.71 bits per heavy atom. The van der Waals surface area contributed by atoms with Gasteiger partial charge in [-0.1, -0.05) is 31.5 Å². The highest BCUT2D eigenvalue weighted by atomic mass is 32.2. The lowest BCUT2D eigenvalue weighted by atomic mass is 10.1. The second kappa shape index (κ2) is 7.90. The molecule has 2 N–H and O–H groups in total. The maximum Gasteiger partial charge on any atom is 0.258 e. The van der Waals surface area contributed by atoms with Crippen LogP contribution >= 0.6 is 0 Å². The van der Waals surface area contributed by atoms with E-state index in [1.807, 2.05) is 6.92 Å². The third-order valence-corrected chi connectivity index (χ3v) is 5.52. The molecule has 1 aromatic carbocycles. The Labute approximate surface area is 143 Å². The summed E-state index contributed by atoms with van der Waals surface area (Å²) in [6, 6.07) is 5.65. The van der Waals surface area contributed by atoms with Crippen LogP contribution in [-0.2, 0) is 14.8 Å². The summed E-state index contributed by atoms with van der Waals surface area (Å²) in [6.07, 6.45) is 3.95. The lowest BCUT2D eigenvalue weighted by Crippen LogP contribution is -2.48. The second-order valence-corrected chi connectivity index (χ2v) is 8.23. The van der Waals surface area contributed by atoms with Crippen LogP contribution in [-0.4, -0.2) is 26.1 Å². The van der Waals surface area contributed by atoms with Gasteiger partial charge >= 0.3 is 0 Å². The lowest BCUT2D eigenvalue weighted by Gasteiger charge is -2.20. The van der Waals surface area contributed by atoms with E-state index in [9.17, 15) is 13.2 Å². The minimum atomic E-state index is -3.76.